The predicted molar refractivity (Wildman–Crippen MR) is 98.7 cm³/mol. The summed E-state index contributed by atoms with van der Waals surface area (Å²) in [6, 6.07) is 0. The van der Waals surface area contributed by atoms with Crippen molar-refractivity contribution in [2.45, 2.75) is 10.7 Å². The number of rotatable bonds is 2. The predicted octanol–water partition coefficient (Wildman–Crippen LogP) is -1.55. The molecule has 1 aromatic rings. The molecule has 12 heteroatoms. The van der Waals surface area contributed by atoms with Gasteiger partial charge >= 0.3 is 0 Å². The minimum atomic E-state index is -0.299. The third kappa shape index (κ3) is 4.00. The van der Waals surface area contributed by atoms with Crippen molar-refractivity contribution in [2.24, 2.45) is 18.5 Å². The van der Waals surface area contributed by atoms with Gasteiger partial charge in [0, 0.05) is 14.1 Å². The first-order valence-corrected chi connectivity index (χ1v) is 9.14. The van der Waals surface area contributed by atoms with Crippen LogP contribution in [0.2, 0.25) is 0 Å². The maximum Gasteiger partial charge on any atom is 0.279 e. The Balaban J connectivity index is 0.000000240. The molecular formula is C12H22N8O2S2. The number of anilines is 2. The number of hydrogen-bond donors (Lipinski definition) is 5. The number of likely N-dealkylation sites (N-methyl/N-ethyl adjacent to an activating group) is 1. The van der Waals surface area contributed by atoms with Crippen molar-refractivity contribution in [1.29, 1.82) is 0 Å². The summed E-state index contributed by atoms with van der Waals surface area (Å²) < 4.78 is 1.37. The molecule has 1 unspecified atom stereocenters. The smallest absolute Gasteiger partial charge is 0.279 e. The fraction of sp³-hybridized carbons (Fsp3) is 0.417. The molecule has 10 nitrogen and oxygen atoms in total. The number of hydrogen-bond acceptors (Lipinski definition) is 10. The van der Waals surface area contributed by atoms with E-state index in [0.29, 0.717) is 5.16 Å². The fourth-order valence-corrected chi connectivity index (χ4v) is 2.94. The molecule has 9 N–H and O–H groups in total. The SMILES string of the molecule is CSC1NC(N)=C(N)C(=O)N1C.CSc1nc(N)c(N)c(=O)n1C. The quantitative estimate of drug-likeness (QED) is 0.301. The molecule has 1 atom stereocenters. The first kappa shape index (κ1) is 19.8. The Hall–Kier alpha value is -2.21. The molecule has 0 bridgehead atoms. The summed E-state index contributed by atoms with van der Waals surface area (Å²) in [6.45, 7) is 0. The van der Waals surface area contributed by atoms with Crippen LogP contribution in [-0.2, 0) is 11.8 Å². The van der Waals surface area contributed by atoms with Crippen LogP contribution >= 0.6 is 23.5 Å². The maximum atomic E-state index is 11.3. The number of nitrogens with two attached hydrogens (primary N) is 4. The molecule has 2 rings (SSSR count). The zero-order chi connectivity index (χ0) is 18.6. The van der Waals surface area contributed by atoms with Crippen molar-refractivity contribution >= 4 is 40.9 Å². The Kier molecular flexibility index (Phi) is 6.66. The number of carbonyl (C=O) groups excluding carboxylic acids is 1. The number of aromatic nitrogens is 2. The van der Waals surface area contributed by atoms with Crippen molar-refractivity contribution in [3.05, 3.63) is 21.9 Å². The zero-order valence-electron chi connectivity index (χ0n) is 13.9. The standard InChI is InChI=1S/C6H12N4OS.C6H10N4OS/c2*1-10-5(11)3(7)4(8)9-6(10)12-2/h6,9H,7-8H2,1-2H3;7-8H2,1-2H3. The fourth-order valence-electron chi connectivity index (χ4n) is 1.73. The number of thioether (sulfide) groups is 2. The Bertz CT molecular complexity index is 718. The molecule has 1 aliphatic heterocycles. The van der Waals surface area contributed by atoms with Crippen LogP contribution in [0.3, 0.4) is 0 Å². The van der Waals surface area contributed by atoms with E-state index in [0.717, 1.165) is 0 Å². The normalized spacial score (nSPS) is 17.2. The van der Waals surface area contributed by atoms with E-state index in [-0.39, 0.29) is 40.0 Å². The van der Waals surface area contributed by atoms with Crippen molar-refractivity contribution in [3.8, 4) is 0 Å². The highest BCUT2D eigenvalue weighted by atomic mass is 32.2. The Morgan fingerprint density at radius 2 is 1.71 bits per heavy atom. The first-order chi connectivity index (χ1) is 11.1. The van der Waals surface area contributed by atoms with Gasteiger partial charge in [0.2, 0.25) is 0 Å². The lowest BCUT2D eigenvalue weighted by Crippen LogP contribution is -2.52. The Morgan fingerprint density at radius 3 is 2.21 bits per heavy atom. The van der Waals surface area contributed by atoms with E-state index < -0.39 is 0 Å². The molecule has 1 aromatic heterocycles. The van der Waals surface area contributed by atoms with Gasteiger partial charge in [0.1, 0.15) is 17.2 Å². The second-order valence-corrected chi connectivity index (χ2v) is 6.43. The van der Waals surface area contributed by atoms with Crippen molar-refractivity contribution < 1.29 is 4.79 Å². The van der Waals surface area contributed by atoms with Gasteiger partial charge in [-0.05, 0) is 12.5 Å². The number of carbonyl (C=O) groups is 1. The molecule has 134 valence electrons. The summed E-state index contributed by atoms with van der Waals surface area (Å²) in [5.74, 6) is 0.130. The highest BCUT2D eigenvalue weighted by Gasteiger charge is 2.27. The lowest BCUT2D eigenvalue weighted by atomic mass is 10.3. The number of nitrogens with zero attached hydrogens (tertiary/aromatic N) is 3. The van der Waals surface area contributed by atoms with Crippen LogP contribution in [0.25, 0.3) is 0 Å². The largest absolute Gasteiger partial charge is 0.391 e. The van der Waals surface area contributed by atoms with Crippen molar-refractivity contribution in [1.82, 2.24) is 19.8 Å². The summed E-state index contributed by atoms with van der Waals surface area (Å²) in [6.07, 6.45) is 3.70. The highest BCUT2D eigenvalue weighted by Crippen LogP contribution is 2.15. The molecule has 0 radical (unpaired) electrons. The van der Waals surface area contributed by atoms with E-state index in [1.165, 1.54) is 33.0 Å². The van der Waals surface area contributed by atoms with Gasteiger partial charge < -0.3 is 33.2 Å². The number of nitrogen functional groups attached to an aromatic ring is 2. The summed E-state index contributed by atoms with van der Waals surface area (Å²) in [7, 11) is 3.28. The molecule has 24 heavy (non-hydrogen) atoms. The Morgan fingerprint density at radius 1 is 1.12 bits per heavy atom. The molecule has 0 fully saturated rings. The van der Waals surface area contributed by atoms with Crippen molar-refractivity contribution in [2.75, 3.05) is 31.0 Å². The van der Waals surface area contributed by atoms with Gasteiger partial charge in [-0.1, -0.05) is 11.8 Å². The van der Waals surface area contributed by atoms with Crippen LogP contribution < -0.4 is 33.8 Å². The molecule has 1 amide bonds. The minimum Gasteiger partial charge on any atom is -0.391 e. The average molecular weight is 374 g/mol. The molecule has 2 heterocycles. The maximum absolute atomic E-state index is 11.3. The number of nitrogens with one attached hydrogen (secondary N) is 1. The van der Waals surface area contributed by atoms with Gasteiger partial charge in [-0.25, -0.2) is 4.98 Å². The van der Waals surface area contributed by atoms with Crippen LogP contribution in [0.15, 0.2) is 21.5 Å². The van der Waals surface area contributed by atoms with E-state index in [2.05, 4.69) is 10.3 Å². The second kappa shape index (κ2) is 8.06. The summed E-state index contributed by atoms with van der Waals surface area (Å²) >= 11 is 2.84. The molecule has 0 saturated carbocycles. The molecular weight excluding hydrogens is 352 g/mol. The third-order valence-electron chi connectivity index (χ3n) is 3.19. The van der Waals surface area contributed by atoms with E-state index in [9.17, 15) is 9.59 Å². The first-order valence-electron chi connectivity index (χ1n) is 6.63. The van der Waals surface area contributed by atoms with Crippen molar-refractivity contribution in [3.63, 3.8) is 0 Å². The van der Waals surface area contributed by atoms with Crippen LogP contribution in [-0.4, -0.2) is 45.4 Å². The van der Waals surface area contributed by atoms with Crippen LogP contribution in [0.4, 0.5) is 11.5 Å². The summed E-state index contributed by atoms with van der Waals surface area (Å²) in [4.78, 5) is 28.0. The van der Waals surface area contributed by atoms with Crippen LogP contribution in [0, 0.1) is 0 Å². The molecule has 1 aliphatic rings. The van der Waals surface area contributed by atoms with Gasteiger partial charge in [-0.2, -0.15) is 0 Å². The van der Waals surface area contributed by atoms with E-state index in [1.807, 2.05) is 12.5 Å². The summed E-state index contributed by atoms with van der Waals surface area (Å²) in [5.41, 5.74) is 21.4. The van der Waals surface area contributed by atoms with Gasteiger partial charge in [0.05, 0.1) is 0 Å². The van der Waals surface area contributed by atoms with Gasteiger partial charge in [-0.3, -0.25) is 14.2 Å². The highest BCUT2D eigenvalue weighted by molar-refractivity contribution is 7.99. The Labute approximate surface area is 148 Å². The lowest BCUT2D eigenvalue weighted by molar-refractivity contribution is -0.127. The molecule has 0 aliphatic carbocycles. The molecule has 0 aromatic carbocycles. The molecule has 0 spiro atoms. The topological polar surface area (TPSA) is 171 Å². The average Bonchev–Trinajstić information content (AvgIpc) is 2.58. The van der Waals surface area contributed by atoms with Crippen LogP contribution in [0.1, 0.15) is 0 Å². The monoisotopic (exact) mass is 374 g/mol. The minimum absolute atomic E-state index is 0.00954. The van der Waals surface area contributed by atoms with E-state index in [1.54, 1.807) is 14.1 Å². The van der Waals surface area contributed by atoms with Gasteiger partial charge in [-0.15, -0.1) is 11.8 Å². The lowest BCUT2D eigenvalue weighted by Gasteiger charge is -2.32. The zero-order valence-corrected chi connectivity index (χ0v) is 15.5. The van der Waals surface area contributed by atoms with Gasteiger partial charge in [0.25, 0.3) is 11.5 Å². The van der Waals surface area contributed by atoms with E-state index in [4.69, 9.17) is 22.9 Å². The van der Waals surface area contributed by atoms with E-state index >= 15 is 0 Å². The number of amides is 1. The summed E-state index contributed by atoms with van der Waals surface area (Å²) in [5, 5.41) is 3.46. The third-order valence-corrected chi connectivity index (χ3v) is 4.80. The second-order valence-electron chi connectivity index (χ2n) is 4.74. The molecule has 0 saturated heterocycles. The van der Waals surface area contributed by atoms with Crippen LogP contribution in [0.5, 0.6) is 0 Å². The van der Waals surface area contributed by atoms with Gasteiger partial charge in [0.15, 0.2) is 16.5 Å².